The number of amides is 2. The number of hydrogen-bond donors (Lipinski definition) is 0. The molecule has 2 aliphatic heterocycles. The summed E-state index contributed by atoms with van der Waals surface area (Å²) in [7, 11) is -5.14. The number of rotatable bonds is 7. The van der Waals surface area contributed by atoms with Crippen LogP contribution in [-0.2, 0) is 30.1 Å². The van der Waals surface area contributed by atoms with Crippen LogP contribution in [-0.4, -0.2) is 66.4 Å². The van der Waals surface area contributed by atoms with E-state index in [1.54, 1.807) is 0 Å². The van der Waals surface area contributed by atoms with E-state index in [0.717, 1.165) is 17.0 Å². The summed E-state index contributed by atoms with van der Waals surface area (Å²) >= 11 is 11.5. The monoisotopic (exact) mass is 687 g/mol. The predicted octanol–water partition coefficient (Wildman–Crippen LogP) is 5.57. The molecule has 2 aromatic rings. The Labute approximate surface area is 256 Å². The van der Waals surface area contributed by atoms with Crippen molar-refractivity contribution in [2.24, 2.45) is 11.1 Å². The average molecular weight is 688 g/mol. The topological polar surface area (TPSA) is 106 Å². The van der Waals surface area contributed by atoms with Crippen LogP contribution in [0.15, 0.2) is 35.5 Å². The maximum absolute atomic E-state index is 14.4. The van der Waals surface area contributed by atoms with Crippen LogP contribution in [0.2, 0.25) is 10.0 Å². The van der Waals surface area contributed by atoms with Crippen LogP contribution in [0.25, 0.3) is 0 Å². The second-order valence-electron chi connectivity index (χ2n) is 10.4. The van der Waals surface area contributed by atoms with Gasteiger partial charge >= 0.3 is 11.9 Å². The second-order valence-corrected chi connectivity index (χ2v) is 13.1. The average Bonchev–Trinajstić information content (AvgIpc) is 3.49. The molecular weight excluding hydrogens is 667 g/mol. The minimum Gasteiger partial charge on any atom is -0.374 e. The van der Waals surface area contributed by atoms with E-state index < -0.39 is 92.3 Å². The molecule has 0 bridgehead atoms. The largest absolute Gasteiger partial charge is 0.435 e. The quantitative estimate of drug-likeness (QED) is 0.214. The highest BCUT2D eigenvalue weighted by molar-refractivity contribution is 7.89. The summed E-state index contributed by atoms with van der Waals surface area (Å²) < 4.78 is 107. The normalized spacial score (nSPS) is 22.7. The Balaban J connectivity index is 1.42. The number of nitrogens with zero attached hydrogens (tertiary/aromatic N) is 3. The molecule has 0 N–H and O–H groups in total. The lowest BCUT2D eigenvalue weighted by atomic mass is 9.86. The summed E-state index contributed by atoms with van der Waals surface area (Å²) in [5.74, 6) is -6.92. The van der Waals surface area contributed by atoms with E-state index in [-0.39, 0.29) is 26.9 Å². The molecule has 238 valence electrons. The van der Waals surface area contributed by atoms with Gasteiger partial charge in [0.25, 0.3) is 21.5 Å². The van der Waals surface area contributed by atoms with Gasteiger partial charge in [-0.2, -0.15) is 22.0 Å². The van der Waals surface area contributed by atoms with Crippen molar-refractivity contribution in [3.8, 4) is 0 Å². The fourth-order valence-corrected chi connectivity index (χ4v) is 6.15. The van der Waals surface area contributed by atoms with Crippen molar-refractivity contribution in [2.75, 3.05) is 13.2 Å². The molecule has 1 aliphatic carbocycles. The zero-order valence-corrected chi connectivity index (χ0v) is 24.7. The van der Waals surface area contributed by atoms with E-state index in [1.165, 1.54) is 25.1 Å². The van der Waals surface area contributed by atoms with Gasteiger partial charge in [0.2, 0.25) is 5.91 Å². The molecule has 18 heteroatoms. The van der Waals surface area contributed by atoms with E-state index in [0.29, 0.717) is 12.8 Å². The molecule has 2 amide bonds. The molecule has 1 saturated heterocycles. The van der Waals surface area contributed by atoms with Crippen molar-refractivity contribution in [3.05, 3.63) is 68.4 Å². The summed E-state index contributed by atoms with van der Waals surface area (Å²) in [5.41, 5.74) is -3.54. The lowest BCUT2D eigenvalue weighted by Gasteiger charge is -2.29. The SMILES string of the molecule is Cc1cc(C2=NO[C@@](c3cc(Cl)c(F)c(Cl)c3)(C(F)(F)F)C2)ccc1C(=O)N(C(=O)C1CC1)[C@H]1CON(S(=O)(=O)C(F)F)C1. The van der Waals surface area contributed by atoms with E-state index in [9.17, 15) is 44.3 Å². The summed E-state index contributed by atoms with van der Waals surface area (Å²) in [6, 6.07) is 4.13. The van der Waals surface area contributed by atoms with Crippen molar-refractivity contribution in [2.45, 2.75) is 49.8 Å². The van der Waals surface area contributed by atoms with Gasteiger partial charge in [-0.05, 0) is 55.2 Å². The van der Waals surface area contributed by atoms with Crippen molar-refractivity contribution < 1.29 is 54.0 Å². The number of halogens is 8. The van der Waals surface area contributed by atoms with E-state index in [4.69, 9.17) is 32.9 Å². The predicted molar refractivity (Wildman–Crippen MR) is 143 cm³/mol. The Morgan fingerprint density at radius 3 is 2.32 bits per heavy atom. The Kier molecular flexibility index (Phi) is 8.46. The molecule has 0 spiro atoms. The van der Waals surface area contributed by atoms with Gasteiger partial charge in [-0.25, -0.2) is 12.8 Å². The third kappa shape index (κ3) is 5.66. The molecule has 9 nitrogen and oxygen atoms in total. The number of carbonyl (C=O) groups excluding carboxylic acids is 2. The van der Waals surface area contributed by atoms with Gasteiger partial charge in [-0.1, -0.05) is 38.9 Å². The Morgan fingerprint density at radius 2 is 1.77 bits per heavy atom. The number of imide groups is 1. The Morgan fingerprint density at radius 1 is 1.14 bits per heavy atom. The first-order valence-corrected chi connectivity index (χ1v) is 15.1. The lowest BCUT2D eigenvalue weighted by Crippen LogP contribution is -2.48. The Hall–Kier alpha value is -2.92. The highest BCUT2D eigenvalue weighted by Crippen LogP contribution is 2.50. The third-order valence-electron chi connectivity index (χ3n) is 7.45. The molecule has 0 aromatic heterocycles. The highest BCUT2D eigenvalue weighted by Gasteiger charge is 2.62. The van der Waals surface area contributed by atoms with Crippen molar-refractivity contribution in [1.82, 2.24) is 9.37 Å². The van der Waals surface area contributed by atoms with Gasteiger partial charge in [0.1, 0.15) is 0 Å². The first-order valence-electron chi connectivity index (χ1n) is 12.9. The highest BCUT2D eigenvalue weighted by atomic mass is 35.5. The van der Waals surface area contributed by atoms with Gasteiger partial charge in [0, 0.05) is 23.5 Å². The second kappa shape index (κ2) is 11.5. The maximum Gasteiger partial charge on any atom is 0.435 e. The van der Waals surface area contributed by atoms with Crippen LogP contribution in [0.5, 0.6) is 0 Å². The molecule has 5 rings (SSSR count). The molecule has 1 saturated carbocycles. The van der Waals surface area contributed by atoms with Gasteiger partial charge in [0.15, 0.2) is 5.82 Å². The number of carbonyl (C=O) groups is 2. The maximum atomic E-state index is 14.4. The number of sulfonamides is 1. The first kappa shape index (κ1) is 32.5. The van der Waals surface area contributed by atoms with Gasteiger partial charge in [-0.3, -0.25) is 19.3 Å². The summed E-state index contributed by atoms with van der Waals surface area (Å²) in [5, 5.41) is 2.32. The molecule has 2 heterocycles. The van der Waals surface area contributed by atoms with Crippen LogP contribution < -0.4 is 0 Å². The van der Waals surface area contributed by atoms with Gasteiger partial charge < -0.3 is 4.84 Å². The van der Waals surface area contributed by atoms with E-state index in [2.05, 4.69) is 5.16 Å². The zero-order valence-electron chi connectivity index (χ0n) is 22.4. The minimum absolute atomic E-state index is 0.0470. The fourth-order valence-electron chi connectivity index (χ4n) is 4.90. The molecule has 3 aliphatic rings. The van der Waals surface area contributed by atoms with E-state index >= 15 is 0 Å². The molecule has 0 radical (unpaired) electrons. The number of hydrogen-bond acceptors (Lipinski definition) is 7. The van der Waals surface area contributed by atoms with Crippen LogP contribution >= 0.6 is 23.2 Å². The number of aryl methyl sites for hydroxylation is 1. The smallest absolute Gasteiger partial charge is 0.374 e. The number of oxime groups is 1. The number of alkyl halides is 5. The van der Waals surface area contributed by atoms with Crippen LogP contribution in [0.3, 0.4) is 0 Å². The Bertz CT molecular complexity index is 1650. The van der Waals surface area contributed by atoms with Crippen molar-refractivity contribution in [1.29, 1.82) is 0 Å². The fraction of sp³-hybridized carbons (Fsp3) is 0.423. The number of hydroxylamine groups is 1. The molecule has 2 fully saturated rings. The molecule has 2 aromatic carbocycles. The molecule has 44 heavy (non-hydrogen) atoms. The van der Waals surface area contributed by atoms with E-state index in [1.807, 2.05) is 0 Å². The summed E-state index contributed by atoms with van der Waals surface area (Å²) in [4.78, 5) is 37.3. The van der Waals surface area contributed by atoms with Crippen LogP contribution in [0, 0.1) is 18.7 Å². The third-order valence-corrected chi connectivity index (χ3v) is 9.28. The van der Waals surface area contributed by atoms with Gasteiger partial charge in [-0.15, -0.1) is 0 Å². The number of benzene rings is 2. The molecular formula is C26H21Cl2F6N3O6S. The minimum atomic E-state index is -5.14. The van der Waals surface area contributed by atoms with Crippen LogP contribution in [0.4, 0.5) is 26.3 Å². The summed E-state index contributed by atoms with van der Waals surface area (Å²) in [6.07, 6.45) is -4.97. The lowest BCUT2D eigenvalue weighted by molar-refractivity contribution is -0.275. The standard InChI is InChI=1S/C26H21Cl2F6N3O6S/c1-12-6-14(20-9-25(43-35-20,26(32,33)34)15-7-18(27)21(29)19(28)8-15)4-5-17(12)23(39)37(22(38)13-2-3-13)16-10-36(42-11-16)44(40,41)24(30)31/h4-8,13,16,24H,2-3,9-11H2,1H3/t16-,25+/m1/s1. The molecule has 2 atom stereocenters. The zero-order chi connectivity index (χ0) is 32.4. The van der Waals surface area contributed by atoms with Crippen LogP contribution in [0.1, 0.15) is 46.3 Å². The first-order chi connectivity index (χ1) is 20.5. The molecule has 0 unspecified atom stereocenters. The van der Waals surface area contributed by atoms with Gasteiger partial charge in [0.05, 0.1) is 35.0 Å². The van der Waals surface area contributed by atoms with Crippen molar-refractivity contribution >= 4 is 50.8 Å². The summed E-state index contributed by atoms with van der Waals surface area (Å²) in [6.45, 7) is 0.194. The van der Waals surface area contributed by atoms with Crippen molar-refractivity contribution in [3.63, 3.8) is 0 Å².